The van der Waals surface area contributed by atoms with Crippen LogP contribution in [-0.4, -0.2) is 66.2 Å². The number of aromatic nitrogens is 3. The number of rotatable bonds is 11. The van der Waals surface area contributed by atoms with Crippen molar-refractivity contribution in [2.24, 2.45) is 11.8 Å². The van der Waals surface area contributed by atoms with E-state index in [9.17, 15) is 19.8 Å². The van der Waals surface area contributed by atoms with E-state index < -0.39 is 24.3 Å². The van der Waals surface area contributed by atoms with Crippen LogP contribution in [0.3, 0.4) is 0 Å². The van der Waals surface area contributed by atoms with Gasteiger partial charge >= 0.3 is 0 Å². The van der Waals surface area contributed by atoms with E-state index in [0.717, 1.165) is 47.7 Å². The molecule has 0 radical (unpaired) electrons. The number of amides is 2. The average molecular weight is 562 g/mol. The van der Waals surface area contributed by atoms with Gasteiger partial charge in [-0.3, -0.25) is 9.59 Å². The van der Waals surface area contributed by atoms with Crippen LogP contribution < -0.4 is 5.32 Å². The number of aromatic amines is 1. The molecule has 2 amide bonds. The van der Waals surface area contributed by atoms with Gasteiger partial charge in [-0.25, -0.2) is 9.97 Å². The van der Waals surface area contributed by atoms with Gasteiger partial charge in [-0.1, -0.05) is 58.1 Å². The van der Waals surface area contributed by atoms with Gasteiger partial charge in [0.2, 0.25) is 5.91 Å². The van der Waals surface area contributed by atoms with Crippen molar-refractivity contribution in [3.63, 3.8) is 0 Å². The Morgan fingerprint density at radius 3 is 2.66 bits per heavy atom. The Morgan fingerprint density at radius 2 is 1.95 bits per heavy atom. The van der Waals surface area contributed by atoms with Crippen LogP contribution in [0.25, 0.3) is 10.9 Å². The second kappa shape index (κ2) is 12.7. The minimum Gasteiger partial charge on any atom is -0.390 e. The van der Waals surface area contributed by atoms with Gasteiger partial charge in [0.05, 0.1) is 29.7 Å². The van der Waals surface area contributed by atoms with Crippen LogP contribution in [-0.2, 0) is 17.8 Å². The van der Waals surface area contributed by atoms with Crippen LogP contribution in [0.5, 0.6) is 0 Å². The fraction of sp³-hybridized carbons (Fsp3) is 0.562. The van der Waals surface area contributed by atoms with Gasteiger partial charge in [0.25, 0.3) is 5.91 Å². The van der Waals surface area contributed by atoms with Gasteiger partial charge in [-0.2, -0.15) is 0 Å². The Kier molecular flexibility index (Phi) is 9.04. The number of aryl methyl sites for hydroxylation is 1. The summed E-state index contributed by atoms with van der Waals surface area (Å²) in [6.07, 6.45) is 8.06. The molecule has 4 atom stereocenters. The third-order valence-corrected chi connectivity index (χ3v) is 8.65. The second-order valence-electron chi connectivity index (χ2n) is 12.4. The summed E-state index contributed by atoms with van der Waals surface area (Å²) in [5, 5.41) is 26.1. The van der Waals surface area contributed by atoms with Crippen molar-refractivity contribution < 1.29 is 19.8 Å². The molecular formula is C32H43N5O4. The molecule has 3 aromatic rings. The lowest BCUT2D eigenvalue weighted by Crippen LogP contribution is -2.56. The molecule has 4 N–H and O–H groups in total. The lowest BCUT2D eigenvalue weighted by atomic mass is 9.82. The van der Waals surface area contributed by atoms with Crippen molar-refractivity contribution in [3.8, 4) is 0 Å². The first-order valence-corrected chi connectivity index (χ1v) is 15.0. The number of pyridine rings is 1. The number of aliphatic hydroxyl groups excluding tert-OH is 2. The highest BCUT2D eigenvalue weighted by Crippen LogP contribution is 2.31. The largest absolute Gasteiger partial charge is 0.390 e. The maximum absolute atomic E-state index is 14.1. The summed E-state index contributed by atoms with van der Waals surface area (Å²) < 4.78 is 0. The van der Waals surface area contributed by atoms with Crippen LogP contribution in [0.2, 0.25) is 0 Å². The molecule has 3 heterocycles. The zero-order chi connectivity index (χ0) is 29.1. The molecule has 0 saturated heterocycles. The molecule has 1 aromatic carbocycles. The smallest absolute Gasteiger partial charge is 0.273 e. The zero-order valence-electron chi connectivity index (χ0n) is 24.3. The van der Waals surface area contributed by atoms with Gasteiger partial charge in [0.1, 0.15) is 17.8 Å². The molecule has 2 aromatic heterocycles. The molecule has 0 unspecified atom stereocenters. The highest BCUT2D eigenvalue weighted by Gasteiger charge is 2.40. The van der Waals surface area contributed by atoms with E-state index in [1.54, 1.807) is 17.4 Å². The van der Waals surface area contributed by atoms with Crippen LogP contribution in [0.15, 0.2) is 36.8 Å². The number of nitrogens with zero attached hydrogens (tertiary/aromatic N) is 3. The van der Waals surface area contributed by atoms with Crippen molar-refractivity contribution in [2.45, 2.75) is 103 Å². The Balaban J connectivity index is 1.41. The van der Waals surface area contributed by atoms with Crippen LogP contribution in [0, 0.1) is 18.8 Å². The lowest BCUT2D eigenvalue weighted by molar-refractivity contribution is -0.128. The Morgan fingerprint density at radius 1 is 1.17 bits per heavy atom. The standard InChI is InChI=1S/C32H43N5O4/c1-19(2)11-28(38)30(39)26(13-21-7-5-4-6-8-21)36-31(40)27(15-24-16-33-18-34-24)37-17-23-14-22-10-9-20(3)12-25(22)35-29(23)32(37)41/h9-10,12,14,16,18-19,21,26-28,30,38-39H,4-8,11,13,15,17H2,1-3H3,(H,33,34)(H,36,40)/t26-,27-,28-,30+/m0/s1. The molecule has 1 fully saturated rings. The summed E-state index contributed by atoms with van der Waals surface area (Å²) >= 11 is 0. The number of H-pyrrole nitrogens is 1. The van der Waals surface area contributed by atoms with Crippen LogP contribution in [0.4, 0.5) is 0 Å². The number of aliphatic hydroxyl groups is 2. The normalized spacial score (nSPS) is 18.9. The van der Waals surface area contributed by atoms with E-state index >= 15 is 0 Å². The SMILES string of the molecule is Cc1ccc2cc3c(nc2c1)C(=O)N([C@@H](Cc1c[nH]cn1)C(=O)N[C@@H](CC1CCCCC1)[C@@H](O)[C@@H](O)CC(C)C)C3. The monoisotopic (exact) mass is 561 g/mol. The molecule has 41 heavy (non-hydrogen) atoms. The van der Waals surface area contributed by atoms with E-state index in [-0.39, 0.29) is 30.7 Å². The van der Waals surface area contributed by atoms with E-state index in [0.29, 0.717) is 30.1 Å². The molecular weight excluding hydrogens is 518 g/mol. The maximum Gasteiger partial charge on any atom is 0.273 e. The number of nitrogens with one attached hydrogen (secondary N) is 2. The predicted molar refractivity (Wildman–Crippen MR) is 157 cm³/mol. The number of hydrogen-bond donors (Lipinski definition) is 4. The van der Waals surface area contributed by atoms with Crippen LogP contribution >= 0.6 is 0 Å². The molecule has 2 aliphatic rings. The number of carbonyl (C=O) groups is 2. The first-order valence-electron chi connectivity index (χ1n) is 15.0. The number of benzene rings is 1. The first kappa shape index (κ1) is 29.2. The number of imidazole rings is 1. The topological polar surface area (TPSA) is 131 Å². The molecule has 0 bridgehead atoms. The van der Waals surface area contributed by atoms with Crippen LogP contribution in [0.1, 0.15) is 86.1 Å². The van der Waals surface area contributed by atoms with Gasteiger partial charge < -0.3 is 25.4 Å². The summed E-state index contributed by atoms with van der Waals surface area (Å²) in [5.74, 6) is -0.0717. The lowest BCUT2D eigenvalue weighted by Gasteiger charge is -2.34. The number of carbonyl (C=O) groups excluding carboxylic acids is 2. The second-order valence-corrected chi connectivity index (χ2v) is 12.4. The first-order chi connectivity index (χ1) is 19.7. The summed E-state index contributed by atoms with van der Waals surface area (Å²) in [6.45, 7) is 6.25. The minimum absolute atomic E-state index is 0.200. The van der Waals surface area contributed by atoms with E-state index in [1.807, 2.05) is 45.0 Å². The van der Waals surface area contributed by atoms with E-state index in [1.165, 1.54) is 6.42 Å². The minimum atomic E-state index is -1.10. The van der Waals surface area contributed by atoms with E-state index in [2.05, 4.69) is 20.3 Å². The number of hydrogen-bond acceptors (Lipinski definition) is 6. The highest BCUT2D eigenvalue weighted by atomic mass is 16.3. The fourth-order valence-electron chi connectivity index (χ4n) is 6.45. The van der Waals surface area contributed by atoms with Gasteiger partial charge in [0.15, 0.2) is 0 Å². The van der Waals surface area contributed by atoms with Crippen molar-refractivity contribution in [1.29, 1.82) is 0 Å². The Labute approximate surface area is 241 Å². The Hall–Kier alpha value is -3.30. The summed E-state index contributed by atoms with van der Waals surface area (Å²) in [6, 6.07) is 6.48. The molecule has 1 saturated carbocycles. The molecule has 1 aliphatic carbocycles. The molecule has 9 nitrogen and oxygen atoms in total. The Bertz CT molecular complexity index is 1350. The van der Waals surface area contributed by atoms with Gasteiger partial charge in [0, 0.05) is 30.1 Å². The molecule has 0 spiro atoms. The molecule has 1 aliphatic heterocycles. The van der Waals surface area contributed by atoms with Gasteiger partial charge in [-0.05, 0) is 49.3 Å². The molecule has 9 heteroatoms. The predicted octanol–water partition coefficient (Wildman–Crippen LogP) is 4.06. The third-order valence-electron chi connectivity index (χ3n) is 8.65. The zero-order valence-corrected chi connectivity index (χ0v) is 24.3. The van der Waals surface area contributed by atoms with E-state index in [4.69, 9.17) is 0 Å². The molecule has 220 valence electrons. The summed E-state index contributed by atoms with van der Waals surface area (Å²) in [4.78, 5) is 41.3. The average Bonchev–Trinajstić information content (AvgIpc) is 3.57. The third kappa shape index (κ3) is 6.79. The van der Waals surface area contributed by atoms with Crippen molar-refractivity contribution >= 4 is 22.7 Å². The summed E-state index contributed by atoms with van der Waals surface area (Å²) in [5.41, 5.74) is 3.63. The maximum atomic E-state index is 14.1. The fourth-order valence-corrected chi connectivity index (χ4v) is 6.45. The van der Waals surface area contributed by atoms with Crippen molar-refractivity contribution in [1.82, 2.24) is 25.2 Å². The van der Waals surface area contributed by atoms with Crippen molar-refractivity contribution in [3.05, 3.63) is 59.3 Å². The highest BCUT2D eigenvalue weighted by molar-refractivity contribution is 6.01. The number of fused-ring (bicyclic) bond motifs is 2. The van der Waals surface area contributed by atoms with Crippen molar-refractivity contribution in [2.75, 3.05) is 0 Å². The molecule has 5 rings (SSSR count). The van der Waals surface area contributed by atoms with Gasteiger partial charge in [-0.15, -0.1) is 0 Å². The summed E-state index contributed by atoms with van der Waals surface area (Å²) in [7, 11) is 0. The quantitative estimate of drug-likeness (QED) is 0.279.